The summed E-state index contributed by atoms with van der Waals surface area (Å²) in [5.74, 6) is -0.841. The minimum Gasteiger partial charge on any atom is -0.391 e. The first-order chi connectivity index (χ1) is 12.9. The number of likely N-dealkylation sites (tertiary alicyclic amines) is 1. The van der Waals surface area contributed by atoms with Crippen LogP contribution in [0.2, 0.25) is 0 Å². The largest absolute Gasteiger partial charge is 0.391 e. The minimum atomic E-state index is -3.50. The molecule has 2 heterocycles. The van der Waals surface area contributed by atoms with Crippen molar-refractivity contribution in [2.24, 2.45) is 11.8 Å². The first-order valence-electron chi connectivity index (χ1n) is 9.51. The van der Waals surface area contributed by atoms with E-state index >= 15 is 0 Å². The summed E-state index contributed by atoms with van der Waals surface area (Å²) in [7, 11) is -0.623. The molecule has 1 aromatic heterocycles. The Hall–Kier alpha value is -1.71. The molecule has 1 fully saturated rings. The van der Waals surface area contributed by atoms with Crippen molar-refractivity contribution >= 4 is 15.9 Å². The molecule has 1 aliphatic rings. The summed E-state index contributed by atoms with van der Waals surface area (Å²) in [5, 5.41) is 10.3. The maximum Gasteiger partial charge on any atom is 0.263 e. The predicted octanol–water partition coefficient (Wildman–Crippen LogP) is 0.527. The van der Waals surface area contributed by atoms with Crippen molar-refractivity contribution in [2.75, 3.05) is 32.9 Å². The third-order valence-corrected chi connectivity index (χ3v) is 7.17. The van der Waals surface area contributed by atoms with E-state index in [0.29, 0.717) is 18.0 Å². The smallest absolute Gasteiger partial charge is 0.263 e. The Balaban J connectivity index is 2.23. The second-order valence-corrected chi connectivity index (χ2v) is 10.4. The highest BCUT2D eigenvalue weighted by atomic mass is 32.2. The number of hydrogen-bond donors (Lipinski definition) is 1. The summed E-state index contributed by atoms with van der Waals surface area (Å²) in [6.07, 6.45) is 1.58. The number of β-amino-alcohol motifs (C(OH)–C–C–N with tert-alkyl or cyclic N) is 1. The average Bonchev–Trinajstić information content (AvgIpc) is 2.94. The summed E-state index contributed by atoms with van der Waals surface area (Å²) in [5.41, 5.74) is 0.328. The lowest BCUT2D eigenvalue weighted by atomic mass is 10.1. The molecular weight excluding hydrogens is 382 g/mol. The molecule has 0 unspecified atom stereocenters. The standard InChI is InChI=1S/C19H31N3O5S/c1-13(2)6-8-21-9-7-14(3)17(18(21)24)19(25)22-10-15(16(23)11-22)12-28(26,27)20(4)5/h7,9,13,15-16,23H,6,8,10-12H2,1-5H3/t15-,16+/m0/s1. The monoisotopic (exact) mass is 413 g/mol. The van der Waals surface area contributed by atoms with Crippen LogP contribution in [-0.2, 0) is 16.6 Å². The van der Waals surface area contributed by atoms with Crippen LogP contribution in [0, 0.1) is 18.8 Å². The third kappa shape index (κ3) is 5.01. The van der Waals surface area contributed by atoms with Gasteiger partial charge in [0.05, 0.1) is 11.9 Å². The molecule has 1 N–H and O–H groups in total. The van der Waals surface area contributed by atoms with Gasteiger partial charge >= 0.3 is 0 Å². The lowest BCUT2D eigenvalue weighted by Gasteiger charge is -2.19. The van der Waals surface area contributed by atoms with Crippen molar-refractivity contribution in [3.63, 3.8) is 0 Å². The van der Waals surface area contributed by atoms with Crippen LogP contribution >= 0.6 is 0 Å². The van der Waals surface area contributed by atoms with Crippen molar-refractivity contribution in [3.05, 3.63) is 33.7 Å². The maximum atomic E-state index is 13.0. The number of carbonyl (C=O) groups is 1. The number of carbonyl (C=O) groups excluding carboxylic acids is 1. The van der Waals surface area contributed by atoms with Gasteiger partial charge in [0.1, 0.15) is 5.56 Å². The summed E-state index contributed by atoms with van der Waals surface area (Å²) in [6, 6.07) is 1.75. The summed E-state index contributed by atoms with van der Waals surface area (Å²) in [6.45, 7) is 6.50. The van der Waals surface area contributed by atoms with Gasteiger partial charge in [0.2, 0.25) is 10.0 Å². The zero-order valence-corrected chi connectivity index (χ0v) is 18.1. The molecule has 9 heteroatoms. The van der Waals surface area contributed by atoms with Gasteiger partial charge in [-0.2, -0.15) is 0 Å². The highest BCUT2D eigenvalue weighted by Gasteiger charge is 2.38. The molecule has 2 rings (SSSR count). The van der Waals surface area contributed by atoms with E-state index < -0.39 is 28.0 Å². The highest BCUT2D eigenvalue weighted by molar-refractivity contribution is 7.89. The number of aliphatic hydroxyl groups is 1. The number of rotatable bonds is 7. The van der Waals surface area contributed by atoms with Crippen LogP contribution < -0.4 is 5.56 Å². The fourth-order valence-corrected chi connectivity index (χ4v) is 4.43. The Morgan fingerprint density at radius 1 is 1.32 bits per heavy atom. The Kier molecular flexibility index (Phi) is 7.06. The van der Waals surface area contributed by atoms with Crippen LogP contribution in [0.4, 0.5) is 0 Å². The van der Waals surface area contributed by atoms with Gasteiger partial charge in [0.15, 0.2) is 0 Å². The van der Waals surface area contributed by atoms with Crippen LogP contribution in [0.5, 0.6) is 0 Å². The molecule has 0 aromatic carbocycles. The molecule has 1 aromatic rings. The lowest BCUT2D eigenvalue weighted by Crippen LogP contribution is -2.37. The van der Waals surface area contributed by atoms with Gasteiger partial charge in [-0.1, -0.05) is 13.8 Å². The highest BCUT2D eigenvalue weighted by Crippen LogP contribution is 2.22. The molecule has 158 valence electrons. The molecule has 8 nitrogen and oxygen atoms in total. The van der Waals surface area contributed by atoms with Crippen molar-refractivity contribution in [2.45, 2.75) is 39.8 Å². The van der Waals surface area contributed by atoms with E-state index in [2.05, 4.69) is 13.8 Å². The summed E-state index contributed by atoms with van der Waals surface area (Å²) in [4.78, 5) is 27.2. The minimum absolute atomic E-state index is 0.0201. The molecule has 0 saturated carbocycles. The Morgan fingerprint density at radius 3 is 2.54 bits per heavy atom. The van der Waals surface area contributed by atoms with Gasteiger partial charge in [0, 0.05) is 45.8 Å². The van der Waals surface area contributed by atoms with Gasteiger partial charge < -0.3 is 14.6 Å². The molecule has 1 saturated heterocycles. The summed E-state index contributed by atoms with van der Waals surface area (Å²) >= 11 is 0. The van der Waals surface area contributed by atoms with E-state index in [4.69, 9.17) is 0 Å². The topological polar surface area (TPSA) is 99.9 Å². The Labute approximate surface area is 166 Å². The summed E-state index contributed by atoms with van der Waals surface area (Å²) < 4.78 is 26.9. The molecule has 28 heavy (non-hydrogen) atoms. The Bertz CT molecular complexity index is 876. The molecule has 0 aliphatic carbocycles. The van der Waals surface area contributed by atoms with Gasteiger partial charge in [-0.15, -0.1) is 0 Å². The van der Waals surface area contributed by atoms with Crippen LogP contribution in [0.25, 0.3) is 0 Å². The molecule has 1 amide bonds. The molecular formula is C19H31N3O5S. The van der Waals surface area contributed by atoms with Crippen molar-refractivity contribution in [1.29, 1.82) is 0 Å². The van der Waals surface area contributed by atoms with E-state index in [-0.39, 0.29) is 30.0 Å². The van der Waals surface area contributed by atoms with Gasteiger partial charge in [-0.25, -0.2) is 12.7 Å². The lowest BCUT2D eigenvalue weighted by molar-refractivity contribution is 0.0761. The molecule has 0 bridgehead atoms. The van der Waals surface area contributed by atoms with E-state index in [0.717, 1.165) is 10.7 Å². The molecule has 0 spiro atoms. The van der Waals surface area contributed by atoms with Crippen LogP contribution in [0.1, 0.15) is 36.2 Å². The first kappa shape index (κ1) is 22.6. The quantitative estimate of drug-likeness (QED) is 0.703. The third-order valence-electron chi connectivity index (χ3n) is 5.21. The number of aromatic nitrogens is 1. The SMILES string of the molecule is Cc1ccn(CCC(C)C)c(=O)c1C(=O)N1C[C@@H](CS(=O)(=O)N(C)C)[C@H](O)C1. The van der Waals surface area contributed by atoms with Crippen molar-refractivity contribution in [3.8, 4) is 0 Å². The molecule has 1 aliphatic heterocycles. The maximum absolute atomic E-state index is 13.0. The second kappa shape index (κ2) is 8.75. The zero-order valence-electron chi connectivity index (χ0n) is 17.3. The number of nitrogens with zero attached hydrogens (tertiary/aromatic N) is 3. The fourth-order valence-electron chi connectivity index (χ4n) is 3.26. The first-order valence-corrected chi connectivity index (χ1v) is 11.1. The van der Waals surface area contributed by atoms with Gasteiger partial charge in [-0.3, -0.25) is 9.59 Å². The van der Waals surface area contributed by atoms with Gasteiger partial charge in [-0.05, 0) is 30.9 Å². The number of hydrogen-bond acceptors (Lipinski definition) is 5. The number of aliphatic hydroxyl groups excluding tert-OH is 1. The second-order valence-electron chi connectivity index (χ2n) is 8.15. The predicted molar refractivity (Wildman–Crippen MR) is 108 cm³/mol. The van der Waals surface area contributed by atoms with Crippen molar-refractivity contribution in [1.82, 2.24) is 13.8 Å². The van der Waals surface area contributed by atoms with E-state index in [1.165, 1.54) is 19.0 Å². The number of sulfonamides is 1. The Morgan fingerprint density at radius 2 is 1.96 bits per heavy atom. The fraction of sp³-hybridized carbons (Fsp3) is 0.684. The average molecular weight is 414 g/mol. The van der Waals surface area contributed by atoms with E-state index in [1.807, 2.05) is 0 Å². The molecule has 2 atom stereocenters. The van der Waals surface area contributed by atoms with Crippen LogP contribution in [-0.4, -0.2) is 72.2 Å². The van der Waals surface area contributed by atoms with Crippen molar-refractivity contribution < 1.29 is 18.3 Å². The van der Waals surface area contributed by atoms with Crippen LogP contribution in [0.3, 0.4) is 0 Å². The van der Waals surface area contributed by atoms with E-state index in [1.54, 1.807) is 23.8 Å². The van der Waals surface area contributed by atoms with Gasteiger partial charge in [0.25, 0.3) is 11.5 Å². The van der Waals surface area contributed by atoms with Crippen LogP contribution in [0.15, 0.2) is 17.1 Å². The normalized spacial score (nSPS) is 20.4. The number of pyridine rings is 1. The number of aryl methyl sites for hydroxylation is 2. The zero-order chi connectivity index (χ0) is 21.2. The van der Waals surface area contributed by atoms with E-state index in [9.17, 15) is 23.1 Å². The molecule has 0 radical (unpaired) electrons. The number of amides is 1.